The van der Waals surface area contributed by atoms with Gasteiger partial charge in [-0.2, -0.15) is 5.10 Å². The van der Waals surface area contributed by atoms with Crippen LogP contribution >= 0.6 is 15.9 Å². The Morgan fingerprint density at radius 1 is 1.17 bits per heavy atom. The van der Waals surface area contributed by atoms with Crippen molar-refractivity contribution in [3.8, 4) is 5.69 Å². The Labute approximate surface area is 181 Å². The molecule has 4 rings (SSSR count). The van der Waals surface area contributed by atoms with Crippen LogP contribution in [0.25, 0.3) is 16.6 Å². The van der Waals surface area contributed by atoms with Crippen LogP contribution in [0.2, 0.25) is 0 Å². The molecule has 0 aliphatic carbocycles. The van der Waals surface area contributed by atoms with Crippen LogP contribution < -0.4 is 5.56 Å². The summed E-state index contributed by atoms with van der Waals surface area (Å²) in [5.41, 5.74) is 2.39. The summed E-state index contributed by atoms with van der Waals surface area (Å²) in [6.45, 7) is 0.726. The van der Waals surface area contributed by atoms with Crippen LogP contribution in [0.4, 0.5) is 0 Å². The maximum absolute atomic E-state index is 12.7. The Morgan fingerprint density at radius 2 is 1.97 bits per heavy atom. The van der Waals surface area contributed by atoms with Crippen LogP contribution in [0.5, 0.6) is 0 Å². The van der Waals surface area contributed by atoms with Gasteiger partial charge in [-0.15, -0.1) is 0 Å². The largest absolute Gasteiger partial charge is 0.341 e. The molecule has 0 aliphatic heterocycles. The van der Waals surface area contributed by atoms with Crippen LogP contribution in [0, 0.1) is 0 Å². The van der Waals surface area contributed by atoms with E-state index in [1.54, 1.807) is 35.0 Å². The zero-order valence-electron chi connectivity index (χ0n) is 16.4. The zero-order chi connectivity index (χ0) is 21.1. The number of fused-ring (bicyclic) bond motifs is 1. The molecule has 0 radical (unpaired) electrons. The molecule has 2 aromatic carbocycles. The van der Waals surface area contributed by atoms with Gasteiger partial charge in [0.25, 0.3) is 5.56 Å². The van der Waals surface area contributed by atoms with E-state index in [0.717, 1.165) is 15.7 Å². The minimum absolute atomic E-state index is 0.0521. The quantitative estimate of drug-likeness (QED) is 0.437. The highest BCUT2D eigenvalue weighted by Gasteiger charge is 2.12. The van der Waals surface area contributed by atoms with Crippen molar-refractivity contribution in [3.05, 3.63) is 87.6 Å². The molecule has 2 heterocycles. The Balaban J connectivity index is 1.40. The molecule has 7 nitrogen and oxygen atoms in total. The standard InChI is InChI=1S/C22H20BrN5O2/c1-26(13-16-12-25-28(14-16)18-5-3-2-4-6-18)21(29)9-10-27-15-24-20-8-7-17(23)11-19(20)22(27)30/h2-8,11-12,14-15H,9-10,13H2,1H3. The minimum atomic E-state index is -0.152. The average molecular weight is 466 g/mol. The summed E-state index contributed by atoms with van der Waals surface area (Å²) in [6, 6.07) is 15.2. The van der Waals surface area contributed by atoms with E-state index in [-0.39, 0.29) is 24.4 Å². The molecule has 8 heteroatoms. The summed E-state index contributed by atoms with van der Waals surface area (Å²) in [4.78, 5) is 31.2. The highest BCUT2D eigenvalue weighted by atomic mass is 79.9. The first-order valence-corrected chi connectivity index (χ1v) is 10.3. The van der Waals surface area contributed by atoms with Gasteiger partial charge >= 0.3 is 0 Å². The van der Waals surface area contributed by atoms with Gasteiger partial charge in [0.05, 0.1) is 29.1 Å². The number of nitrogens with zero attached hydrogens (tertiary/aromatic N) is 5. The molecule has 0 bridgehead atoms. The first-order valence-electron chi connectivity index (χ1n) is 9.49. The van der Waals surface area contributed by atoms with Gasteiger partial charge in [-0.05, 0) is 30.3 Å². The van der Waals surface area contributed by atoms with Crippen LogP contribution in [-0.2, 0) is 17.9 Å². The number of rotatable bonds is 6. The number of amides is 1. The van der Waals surface area contributed by atoms with E-state index in [2.05, 4.69) is 26.0 Å². The predicted molar refractivity (Wildman–Crippen MR) is 118 cm³/mol. The first kappa shape index (κ1) is 20.0. The lowest BCUT2D eigenvalue weighted by Crippen LogP contribution is -2.29. The van der Waals surface area contributed by atoms with Gasteiger partial charge in [-0.1, -0.05) is 34.1 Å². The second-order valence-electron chi connectivity index (χ2n) is 7.03. The molecule has 0 saturated heterocycles. The number of carbonyl (C=O) groups is 1. The number of carbonyl (C=O) groups excluding carboxylic acids is 1. The van der Waals surface area contributed by atoms with Crippen molar-refractivity contribution in [1.82, 2.24) is 24.2 Å². The normalized spacial score (nSPS) is 11.0. The highest BCUT2D eigenvalue weighted by Crippen LogP contribution is 2.15. The Hall–Kier alpha value is -3.26. The molecule has 0 saturated carbocycles. The highest BCUT2D eigenvalue weighted by molar-refractivity contribution is 9.10. The fourth-order valence-electron chi connectivity index (χ4n) is 3.22. The molecule has 0 aliphatic rings. The molecular formula is C22H20BrN5O2. The predicted octanol–water partition coefficient (Wildman–Crippen LogP) is 3.39. The summed E-state index contributed by atoms with van der Waals surface area (Å²) >= 11 is 3.38. The van der Waals surface area contributed by atoms with E-state index >= 15 is 0 Å². The van der Waals surface area contributed by atoms with Crippen molar-refractivity contribution < 1.29 is 4.79 Å². The summed E-state index contributed by atoms with van der Waals surface area (Å²) in [5, 5.41) is 4.89. The number of aromatic nitrogens is 4. The van der Waals surface area contributed by atoms with Crippen LogP contribution in [-0.4, -0.2) is 37.2 Å². The van der Waals surface area contributed by atoms with E-state index < -0.39 is 0 Å². The number of halogens is 1. The zero-order valence-corrected chi connectivity index (χ0v) is 18.0. The summed E-state index contributed by atoms with van der Waals surface area (Å²) < 4.78 is 4.08. The number of para-hydroxylation sites is 1. The van der Waals surface area contributed by atoms with Crippen LogP contribution in [0.1, 0.15) is 12.0 Å². The smallest absolute Gasteiger partial charge is 0.261 e. The van der Waals surface area contributed by atoms with Crippen molar-refractivity contribution in [1.29, 1.82) is 0 Å². The van der Waals surface area contributed by atoms with Crippen molar-refractivity contribution in [3.63, 3.8) is 0 Å². The Kier molecular flexibility index (Phi) is 5.76. The maximum Gasteiger partial charge on any atom is 0.261 e. The van der Waals surface area contributed by atoms with E-state index in [9.17, 15) is 9.59 Å². The molecule has 4 aromatic rings. The molecule has 30 heavy (non-hydrogen) atoms. The van der Waals surface area contributed by atoms with Crippen LogP contribution in [0.15, 0.2) is 76.5 Å². The van der Waals surface area contributed by atoms with E-state index in [1.807, 2.05) is 42.6 Å². The first-order chi connectivity index (χ1) is 14.5. The van der Waals surface area contributed by atoms with Gasteiger partial charge in [0.15, 0.2) is 0 Å². The molecule has 0 fully saturated rings. The molecule has 2 aromatic heterocycles. The van der Waals surface area contributed by atoms with Gasteiger partial charge in [0.1, 0.15) is 0 Å². The molecule has 0 spiro atoms. The number of aryl methyl sites for hydroxylation is 1. The number of benzene rings is 2. The van der Waals surface area contributed by atoms with E-state index in [0.29, 0.717) is 17.4 Å². The summed E-state index contributed by atoms with van der Waals surface area (Å²) in [7, 11) is 1.75. The third-order valence-corrected chi connectivity index (χ3v) is 5.35. The van der Waals surface area contributed by atoms with Gasteiger partial charge in [-0.25, -0.2) is 9.67 Å². The average Bonchev–Trinajstić information content (AvgIpc) is 3.22. The van der Waals surface area contributed by atoms with Gasteiger partial charge < -0.3 is 4.90 Å². The third-order valence-electron chi connectivity index (χ3n) is 4.85. The van der Waals surface area contributed by atoms with Crippen molar-refractivity contribution in [2.24, 2.45) is 0 Å². The van der Waals surface area contributed by atoms with Crippen molar-refractivity contribution in [2.75, 3.05) is 7.05 Å². The van der Waals surface area contributed by atoms with E-state index in [4.69, 9.17) is 0 Å². The molecule has 152 valence electrons. The second kappa shape index (κ2) is 8.62. The van der Waals surface area contributed by atoms with Crippen molar-refractivity contribution in [2.45, 2.75) is 19.5 Å². The van der Waals surface area contributed by atoms with Crippen molar-refractivity contribution >= 4 is 32.7 Å². The lowest BCUT2D eigenvalue weighted by Gasteiger charge is -2.16. The molecule has 0 N–H and O–H groups in total. The lowest BCUT2D eigenvalue weighted by atomic mass is 10.2. The topological polar surface area (TPSA) is 73.0 Å². The molecular weight excluding hydrogens is 446 g/mol. The Morgan fingerprint density at radius 3 is 2.77 bits per heavy atom. The monoisotopic (exact) mass is 465 g/mol. The fourth-order valence-corrected chi connectivity index (χ4v) is 3.58. The van der Waals surface area contributed by atoms with Gasteiger partial charge in [-0.3, -0.25) is 14.2 Å². The van der Waals surface area contributed by atoms with E-state index in [1.165, 1.54) is 10.9 Å². The Bertz CT molecular complexity index is 1250. The van der Waals surface area contributed by atoms with Gasteiger partial charge in [0, 0.05) is 42.8 Å². The van der Waals surface area contributed by atoms with Gasteiger partial charge in [0.2, 0.25) is 5.91 Å². The minimum Gasteiger partial charge on any atom is -0.341 e. The fraction of sp³-hybridized carbons (Fsp3) is 0.182. The number of hydrogen-bond donors (Lipinski definition) is 0. The van der Waals surface area contributed by atoms with Crippen LogP contribution in [0.3, 0.4) is 0 Å². The molecule has 1 amide bonds. The SMILES string of the molecule is CN(Cc1cnn(-c2ccccc2)c1)C(=O)CCn1cnc2ccc(Br)cc2c1=O. The lowest BCUT2D eigenvalue weighted by molar-refractivity contribution is -0.130. The summed E-state index contributed by atoms with van der Waals surface area (Å²) in [5.74, 6) is -0.0521. The summed E-state index contributed by atoms with van der Waals surface area (Å²) in [6.07, 6.45) is 5.38. The number of hydrogen-bond acceptors (Lipinski definition) is 4. The molecule has 0 unspecified atom stereocenters. The molecule has 0 atom stereocenters. The third kappa shape index (κ3) is 4.33. The maximum atomic E-state index is 12.7. The second-order valence-corrected chi connectivity index (χ2v) is 7.95.